The van der Waals surface area contributed by atoms with Crippen LogP contribution in [0.25, 0.3) is 0 Å². The molecule has 9 heteroatoms. The zero-order valence-corrected chi connectivity index (χ0v) is 18.6. The molecule has 1 amide bonds. The molecule has 0 saturated heterocycles. The van der Waals surface area contributed by atoms with Crippen molar-refractivity contribution in [3.8, 4) is 17.2 Å². The Morgan fingerprint density at radius 1 is 1.03 bits per heavy atom. The Balaban J connectivity index is 1.87. The van der Waals surface area contributed by atoms with E-state index in [-0.39, 0.29) is 6.42 Å². The average Bonchev–Trinajstić information content (AvgIpc) is 2.71. The highest BCUT2D eigenvalue weighted by molar-refractivity contribution is 9.10. The number of halogens is 2. The molecule has 2 aromatic rings. The number of amides is 1. The van der Waals surface area contributed by atoms with Gasteiger partial charge in [-0.2, -0.15) is 0 Å². The molecule has 0 aliphatic rings. The van der Waals surface area contributed by atoms with Gasteiger partial charge in [0, 0.05) is 10.9 Å². The van der Waals surface area contributed by atoms with Gasteiger partial charge in [0.05, 0.1) is 32.0 Å². The van der Waals surface area contributed by atoms with E-state index in [1.165, 1.54) is 21.3 Å². The first-order valence-electron chi connectivity index (χ1n) is 8.57. The molecule has 0 heterocycles. The number of hydrogen-bond acceptors (Lipinski definition) is 6. The molecule has 0 atom stereocenters. The molecule has 29 heavy (non-hydrogen) atoms. The smallest absolute Gasteiger partial charge is 0.306 e. The number of methoxy groups -OCH3 is 3. The van der Waals surface area contributed by atoms with Crippen LogP contribution in [0.3, 0.4) is 0 Å². The van der Waals surface area contributed by atoms with Crippen molar-refractivity contribution in [2.45, 2.75) is 12.8 Å². The highest BCUT2D eigenvalue weighted by Crippen LogP contribution is 2.38. The van der Waals surface area contributed by atoms with Crippen molar-refractivity contribution < 1.29 is 28.5 Å². The van der Waals surface area contributed by atoms with Gasteiger partial charge in [0.1, 0.15) is 0 Å². The van der Waals surface area contributed by atoms with Crippen LogP contribution in [0.15, 0.2) is 34.8 Å². The molecule has 156 valence electrons. The van der Waals surface area contributed by atoms with Crippen molar-refractivity contribution in [1.82, 2.24) is 0 Å². The lowest BCUT2D eigenvalue weighted by atomic mass is 10.1. The molecule has 0 bridgehead atoms. The van der Waals surface area contributed by atoms with E-state index >= 15 is 0 Å². The van der Waals surface area contributed by atoms with Crippen molar-refractivity contribution in [3.63, 3.8) is 0 Å². The predicted molar refractivity (Wildman–Crippen MR) is 113 cm³/mol. The molecular weight excluding hydrogens is 466 g/mol. The monoisotopic (exact) mass is 485 g/mol. The summed E-state index contributed by atoms with van der Waals surface area (Å²) in [7, 11) is 4.56. The highest BCUT2D eigenvalue weighted by Gasteiger charge is 2.15. The SMILES string of the molecule is COc1cc(CCC(=O)OCC(=O)Nc2ccc(Br)cc2Cl)cc(OC)c1OC. The fraction of sp³-hybridized carbons (Fsp3) is 0.300. The number of ether oxygens (including phenoxy) is 4. The second-order valence-electron chi connectivity index (χ2n) is 5.87. The maximum atomic E-state index is 12.0. The van der Waals surface area contributed by atoms with Crippen LogP contribution in [-0.2, 0) is 20.7 Å². The number of rotatable bonds is 9. The Labute approximate surface area is 182 Å². The Morgan fingerprint density at radius 3 is 2.24 bits per heavy atom. The summed E-state index contributed by atoms with van der Waals surface area (Å²) >= 11 is 9.33. The molecule has 0 unspecified atom stereocenters. The summed E-state index contributed by atoms with van der Waals surface area (Å²) in [5.74, 6) is 0.498. The van der Waals surface area contributed by atoms with Gasteiger partial charge in [0.25, 0.3) is 5.91 Å². The molecule has 0 radical (unpaired) electrons. The molecule has 0 saturated carbocycles. The minimum Gasteiger partial charge on any atom is -0.493 e. The van der Waals surface area contributed by atoms with Gasteiger partial charge in [-0.3, -0.25) is 9.59 Å². The lowest BCUT2D eigenvalue weighted by Gasteiger charge is -2.14. The van der Waals surface area contributed by atoms with Crippen LogP contribution in [0, 0.1) is 0 Å². The third kappa shape index (κ3) is 6.54. The molecule has 0 aromatic heterocycles. The minimum absolute atomic E-state index is 0.0883. The van der Waals surface area contributed by atoms with Crippen molar-refractivity contribution in [2.75, 3.05) is 33.3 Å². The number of carbonyl (C=O) groups is 2. The van der Waals surface area contributed by atoms with Gasteiger partial charge in [-0.05, 0) is 42.3 Å². The number of benzene rings is 2. The van der Waals surface area contributed by atoms with Crippen LogP contribution < -0.4 is 19.5 Å². The summed E-state index contributed by atoms with van der Waals surface area (Å²) in [6, 6.07) is 8.57. The van der Waals surface area contributed by atoms with E-state index in [2.05, 4.69) is 21.2 Å². The topological polar surface area (TPSA) is 83.1 Å². The molecular formula is C20H21BrClNO6. The van der Waals surface area contributed by atoms with Gasteiger partial charge < -0.3 is 24.3 Å². The third-order valence-electron chi connectivity index (χ3n) is 3.91. The standard InChI is InChI=1S/C20H21BrClNO6/c1-26-16-8-12(9-17(27-2)20(16)28-3)4-7-19(25)29-11-18(24)23-15-6-5-13(21)10-14(15)22/h5-6,8-10H,4,7,11H2,1-3H3,(H,23,24). The fourth-order valence-corrected chi connectivity index (χ4v) is 3.24. The Bertz CT molecular complexity index is 864. The quantitative estimate of drug-likeness (QED) is 0.534. The summed E-state index contributed by atoms with van der Waals surface area (Å²) < 4.78 is 21.7. The van der Waals surface area contributed by atoms with E-state index < -0.39 is 18.5 Å². The zero-order valence-electron chi connectivity index (χ0n) is 16.2. The molecule has 2 aromatic carbocycles. The van der Waals surface area contributed by atoms with Gasteiger partial charge in [-0.25, -0.2) is 0 Å². The maximum Gasteiger partial charge on any atom is 0.306 e. The first-order chi connectivity index (χ1) is 13.9. The highest BCUT2D eigenvalue weighted by atomic mass is 79.9. The summed E-state index contributed by atoms with van der Waals surface area (Å²) in [6.45, 7) is -0.402. The van der Waals surface area contributed by atoms with Gasteiger partial charge in [0.15, 0.2) is 18.1 Å². The van der Waals surface area contributed by atoms with Gasteiger partial charge in [-0.15, -0.1) is 0 Å². The van der Waals surface area contributed by atoms with Crippen LogP contribution >= 0.6 is 27.5 Å². The summed E-state index contributed by atoms with van der Waals surface area (Å²) in [5, 5.41) is 2.97. The largest absolute Gasteiger partial charge is 0.493 e. The van der Waals surface area contributed by atoms with E-state index in [9.17, 15) is 9.59 Å². The van der Waals surface area contributed by atoms with Crippen molar-refractivity contribution in [2.24, 2.45) is 0 Å². The minimum atomic E-state index is -0.504. The van der Waals surface area contributed by atoms with Crippen molar-refractivity contribution >= 4 is 45.1 Å². The van der Waals surface area contributed by atoms with E-state index in [1.807, 2.05) is 0 Å². The van der Waals surface area contributed by atoms with E-state index in [4.69, 9.17) is 30.5 Å². The number of esters is 1. The lowest BCUT2D eigenvalue weighted by molar-refractivity contribution is -0.147. The van der Waals surface area contributed by atoms with Crippen molar-refractivity contribution in [3.05, 3.63) is 45.4 Å². The molecule has 0 aliphatic carbocycles. The number of anilines is 1. The van der Waals surface area contributed by atoms with Crippen molar-refractivity contribution in [1.29, 1.82) is 0 Å². The normalized spacial score (nSPS) is 10.2. The number of carbonyl (C=O) groups excluding carboxylic acids is 2. The summed E-state index contributed by atoms with van der Waals surface area (Å²) in [5.41, 5.74) is 1.25. The first kappa shape index (κ1) is 22.8. The Morgan fingerprint density at radius 2 is 1.69 bits per heavy atom. The van der Waals surface area contributed by atoms with Crippen LogP contribution in [0.1, 0.15) is 12.0 Å². The third-order valence-corrected chi connectivity index (χ3v) is 4.72. The number of aryl methyl sites for hydroxylation is 1. The molecule has 0 aliphatic heterocycles. The van der Waals surface area contributed by atoms with Gasteiger partial charge >= 0.3 is 5.97 Å². The number of nitrogens with one attached hydrogen (secondary N) is 1. The molecule has 2 rings (SSSR count). The van der Waals surface area contributed by atoms with Crippen LogP contribution in [0.4, 0.5) is 5.69 Å². The van der Waals surface area contributed by atoms with E-state index in [1.54, 1.807) is 30.3 Å². The predicted octanol–water partition coefficient (Wildman–Crippen LogP) is 4.24. The van der Waals surface area contributed by atoms with Gasteiger partial charge in [-0.1, -0.05) is 27.5 Å². The zero-order chi connectivity index (χ0) is 21.4. The summed E-state index contributed by atoms with van der Waals surface area (Å²) in [6.07, 6.45) is 0.473. The Kier molecular flexibility index (Phi) is 8.60. The number of hydrogen-bond donors (Lipinski definition) is 1. The van der Waals surface area contributed by atoms with E-state index in [0.717, 1.165) is 10.0 Å². The molecule has 0 spiro atoms. The molecule has 7 nitrogen and oxygen atoms in total. The lowest BCUT2D eigenvalue weighted by Crippen LogP contribution is -2.21. The second kappa shape index (κ2) is 10.9. The first-order valence-corrected chi connectivity index (χ1v) is 9.74. The van der Waals surface area contributed by atoms with Crippen LogP contribution in [0.2, 0.25) is 5.02 Å². The fourth-order valence-electron chi connectivity index (χ4n) is 2.52. The second-order valence-corrected chi connectivity index (χ2v) is 7.19. The Hall–Kier alpha value is -2.45. The van der Waals surface area contributed by atoms with Crippen LogP contribution in [0.5, 0.6) is 17.2 Å². The summed E-state index contributed by atoms with van der Waals surface area (Å²) in [4.78, 5) is 24.0. The van der Waals surface area contributed by atoms with Crippen LogP contribution in [-0.4, -0.2) is 39.8 Å². The molecule has 0 fully saturated rings. The van der Waals surface area contributed by atoms with E-state index in [0.29, 0.717) is 34.4 Å². The molecule has 1 N–H and O–H groups in total. The van der Waals surface area contributed by atoms with Gasteiger partial charge in [0.2, 0.25) is 5.75 Å². The average molecular weight is 487 g/mol. The maximum absolute atomic E-state index is 12.0.